The molecule has 72 valence electrons. The van der Waals surface area contributed by atoms with Crippen molar-refractivity contribution in [1.29, 1.82) is 10.5 Å². The molecule has 0 aromatic carbocycles. The van der Waals surface area contributed by atoms with Gasteiger partial charge in [0.1, 0.15) is 5.41 Å². The van der Waals surface area contributed by atoms with E-state index in [-0.39, 0.29) is 0 Å². The molecule has 0 radical (unpaired) electrons. The highest BCUT2D eigenvalue weighted by Crippen LogP contribution is 2.29. The van der Waals surface area contributed by atoms with Crippen molar-refractivity contribution >= 4 is 0 Å². The Bertz CT molecular complexity index is 183. The lowest BCUT2D eigenvalue weighted by Crippen LogP contribution is -2.15. The summed E-state index contributed by atoms with van der Waals surface area (Å²) in [6, 6.07) is 4.35. The Morgan fingerprint density at radius 1 is 0.923 bits per heavy atom. The third-order valence-corrected chi connectivity index (χ3v) is 2.34. The van der Waals surface area contributed by atoms with Crippen molar-refractivity contribution in [2.24, 2.45) is 5.41 Å². The molecule has 0 aliphatic heterocycles. The van der Waals surface area contributed by atoms with E-state index in [1.807, 2.05) is 0 Å². The van der Waals surface area contributed by atoms with Gasteiger partial charge in [0.2, 0.25) is 0 Å². The molecule has 0 rings (SSSR count). The maximum absolute atomic E-state index is 8.96. The van der Waals surface area contributed by atoms with E-state index < -0.39 is 5.41 Å². The van der Waals surface area contributed by atoms with Gasteiger partial charge in [-0.3, -0.25) is 0 Å². The van der Waals surface area contributed by atoms with Crippen LogP contribution in [0.3, 0.4) is 0 Å². The summed E-state index contributed by atoms with van der Waals surface area (Å²) in [5, 5.41) is 17.9. The second-order valence-electron chi connectivity index (χ2n) is 3.51. The second-order valence-corrected chi connectivity index (χ2v) is 3.51. The van der Waals surface area contributed by atoms with E-state index in [0.717, 1.165) is 38.5 Å². The predicted octanol–water partition coefficient (Wildman–Crippen LogP) is 3.40. The Balaban J connectivity index is 4.18. The van der Waals surface area contributed by atoms with Gasteiger partial charge in [0, 0.05) is 0 Å². The number of hydrogen-bond donors (Lipinski definition) is 0. The highest BCUT2D eigenvalue weighted by Gasteiger charge is 2.28. The lowest BCUT2D eigenvalue weighted by molar-refractivity contribution is 0.407. The van der Waals surface area contributed by atoms with Crippen molar-refractivity contribution in [3.8, 4) is 12.1 Å². The van der Waals surface area contributed by atoms with Crippen molar-refractivity contribution in [2.45, 2.75) is 52.4 Å². The van der Waals surface area contributed by atoms with Crippen LogP contribution in [0, 0.1) is 28.1 Å². The molecular formula is C11H18N2. The molecule has 0 aromatic heterocycles. The molecule has 2 heteroatoms. The summed E-state index contributed by atoms with van der Waals surface area (Å²) in [4.78, 5) is 0. The highest BCUT2D eigenvalue weighted by atomic mass is 14.4. The zero-order valence-electron chi connectivity index (χ0n) is 8.64. The van der Waals surface area contributed by atoms with Crippen LogP contribution in [0.2, 0.25) is 0 Å². The van der Waals surface area contributed by atoms with Gasteiger partial charge in [-0.25, -0.2) is 0 Å². The molecule has 13 heavy (non-hydrogen) atoms. The van der Waals surface area contributed by atoms with Crippen LogP contribution in [0.15, 0.2) is 0 Å². The molecule has 0 fully saturated rings. The van der Waals surface area contributed by atoms with Gasteiger partial charge in [0.15, 0.2) is 0 Å². The fraction of sp³-hybridized carbons (Fsp3) is 0.818. The van der Waals surface area contributed by atoms with Gasteiger partial charge in [-0.05, 0) is 12.8 Å². The molecule has 0 aromatic rings. The lowest BCUT2D eigenvalue weighted by Gasteiger charge is -2.17. The zero-order chi connectivity index (χ0) is 10.2. The standard InChI is InChI=1S/C11H18N2/c1-3-5-7-11(9-12,10-13)8-6-4-2/h3-8H2,1-2H3. The number of unbranched alkanes of at least 4 members (excludes halogenated alkanes) is 2. The Kier molecular flexibility index (Phi) is 5.98. The second kappa shape index (κ2) is 6.49. The van der Waals surface area contributed by atoms with Gasteiger partial charge in [-0.2, -0.15) is 10.5 Å². The van der Waals surface area contributed by atoms with Crippen LogP contribution in [-0.4, -0.2) is 0 Å². The first-order chi connectivity index (χ1) is 6.24. The summed E-state index contributed by atoms with van der Waals surface area (Å²) in [6.07, 6.45) is 5.52. The van der Waals surface area contributed by atoms with E-state index in [4.69, 9.17) is 10.5 Å². The smallest absolute Gasteiger partial charge is 0.143 e. The largest absolute Gasteiger partial charge is 0.197 e. The Hall–Kier alpha value is -1.02. The molecule has 0 saturated heterocycles. The van der Waals surface area contributed by atoms with E-state index in [0.29, 0.717) is 0 Å². The molecule has 0 saturated carbocycles. The van der Waals surface area contributed by atoms with E-state index >= 15 is 0 Å². The average Bonchev–Trinajstić information content (AvgIpc) is 2.20. The molecule has 2 nitrogen and oxygen atoms in total. The van der Waals surface area contributed by atoms with Crippen LogP contribution in [-0.2, 0) is 0 Å². The molecule has 0 bridgehead atoms. The fourth-order valence-electron chi connectivity index (χ4n) is 1.33. The summed E-state index contributed by atoms with van der Waals surface area (Å²) in [5.41, 5.74) is -0.702. The molecule has 0 spiro atoms. The Labute approximate surface area is 81.2 Å². The molecule has 0 aliphatic carbocycles. The maximum atomic E-state index is 8.96. The van der Waals surface area contributed by atoms with Crippen molar-refractivity contribution in [3.05, 3.63) is 0 Å². The summed E-state index contributed by atoms with van der Waals surface area (Å²) in [6.45, 7) is 4.17. The quantitative estimate of drug-likeness (QED) is 0.625. The van der Waals surface area contributed by atoms with Crippen LogP contribution in [0.5, 0.6) is 0 Å². The summed E-state index contributed by atoms with van der Waals surface area (Å²) >= 11 is 0. The average molecular weight is 178 g/mol. The molecule has 0 heterocycles. The van der Waals surface area contributed by atoms with Crippen molar-refractivity contribution in [1.82, 2.24) is 0 Å². The van der Waals surface area contributed by atoms with Crippen LogP contribution in [0.4, 0.5) is 0 Å². The minimum Gasteiger partial charge on any atom is -0.197 e. The number of hydrogen-bond acceptors (Lipinski definition) is 2. The Morgan fingerprint density at radius 3 is 1.54 bits per heavy atom. The minimum atomic E-state index is -0.702. The van der Waals surface area contributed by atoms with E-state index in [9.17, 15) is 0 Å². The first kappa shape index (κ1) is 12.0. The zero-order valence-corrected chi connectivity index (χ0v) is 8.64. The van der Waals surface area contributed by atoms with E-state index in [1.165, 1.54) is 0 Å². The van der Waals surface area contributed by atoms with Crippen LogP contribution in [0.1, 0.15) is 52.4 Å². The summed E-state index contributed by atoms with van der Waals surface area (Å²) in [5.74, 6) is 0. The van der Waals surface area contributed by atoms with Crippen molar-refractivity contribution < 1.29 is 0 Å². The summed E-state index contributed by atoms with van der Waals surface area (Å²) in [7, 11) is 0. The topological polar surface area (TPSA) is 47.6 Å². The van der Waals surface area contributed by atoms with Crippen molar-refractivity contribution in [3.63, 3.8) is 0 Å². The molecule has 0 amide bonds. The van der Waals surface area contributed by atoms with Crippen LogP contribution < -0.4 is 0 Å². The van der Waals surface area contributed by atoms with Crippen LogP contribution >= 0.6 is 0 Å². The van der Waals surface area contributed by atoms with Gasteiger partial charge in [-0.1, -0.05) is 39.5 Å². The Morgan fingerprint density at radius 2 is 1.31 bits per heavy atom. The van der Waals surface area contributed by atoms with E-state index in [2.05, 4.69) is 26.0 Å². The first-order valence-electron chi connectivity index (χ1n) is 5.07. The number of rotatable bonds is 6. The third kappa shape index (κ3) is 3.95. The molecular weight excluding hydrogens is 160 g/mol. The molecule has 0 unspecified atom stereocenters. The van der Waals surface area contributed by atoms with E-state index in [1.54, 1.807) is 0 Å². The normalized spacial score (nSPS) is 10.5. The highest BCUT2D eigenvalue weighted by molar-refractivity contribution is 5.13. The first-order valence-corrected chi connectivity index (χ1v) is 5.07. The monoisotopic (exact) mass is 178 g/mol. The minimum absolute atomic E-state index is 0.702. The van der Waals surface area contributed by atoms with Gasteiger partial charge in [0.05, 0.1) is 12.1 Å². The fourth-order valence-corrected chi connectivity index (χ4v) is 1.33. The SMILES string of the molecule is CCCCC(C#N)(C#N)CCCC. The predicted molar refractivity (Wildman–Crippen MR) is 52.7 cm³/mol. The molecule has 0 atom stereocenters. The van der Waals surface area contributed by atoms with Gasteiger partial charge < -0.3 is 0 Å². The lowest BCUT2D eigenvalue weighted by atomic mass is 9.81. The van der Waals surface area contributed by atoms with Gasteiger partial charge >= 0.3 is 0 Å². The number of nitrogens with zero attached hydrogens (tertiary/aromatic N) is 2. The molecule has 0 aliphatic rings. The van der Waals surface area contributed by atoms with Gasteiger partial charge in [0.25, 0.3) is 0 Å². The maximum Gasteiger partial charge on any atom is 0.143 e. The molecule has 0 N–H and O–H groups in total. The van der Waals surface area contributed by atoms with Crippen LogP contribution in [0.25, 0.3) is 0 Å². The van der Waals surface area contributed by atoms with Crippen molar-refractivity contribution in [2.75, 3.05) is 0 Å². The summed E-state index contributed by atoms with van der Waals surface area (Å²) < 4.78 is 0. The van der Waals surface area contributed by atoms with Gasteiger partial charge in [-0.15, -0.1) is 0 Å². The third-order valence-electron chi connectivity index (χ3n) is 2.34. The number of nitriles is 2.